The lowest BCUT2D eigenvalue weighted by Gasteiger charge is -2.21. The zero-order valence-electron chi connectivity index (χ0n) is 14.1. The molecule has 0 spiro atoms. The van der Waals surface area contributed by atoms with Gasteiger partial charge in [0.2, 0.25) is 5.91 Å². The zero-order valence-corrected chi connectivity index (χ0v) is 14.1. The molecular weight excluding hydrogens is 278 g/mol. The first-order valence-electron chi connectivity index (χ1n) is 7.57. The fourth-order valence-electron chi connectivity index (χ4n) is 2.16. The normalized spacial score (nSPS) is 12.8. The average Bonchev–Trinajstić information content (AvgIpc) is 2.36. The van der Waals surface area contributed by atoms with E-state index in [4.69, 9.17) is 5.73 Å². The topological polar surface area (TPSA) is 84.2 Å². The predicted octanol–water partition coefficient (Wildman–Crippen LogP) is 3.01. The Morgan fingerprint density at radius 3 is 2.09 bits per heavy atom. The maximum Gasteiger partial charge on any atom is 0.312 e. The van der Waals surface area contributed by atoms with Crippen molar-refractivity contribution in [2.24, 2.45) is 11.7 Å². The molecule has 22 heavy (non-hydrogen) atoms. The van der Waals surface area contributed by atoms with Crippen molar-refractivity contribution < 1.29 is 9.59 Å². The smallest absolute Gasteiger partial charge is 0.312 e. The van der Waals surface area contributed by atoms with E-state index in [9.17, 15) is 9.59 Å². The number of rotatable bonds is 5. The van der Waals surface area contributed by atoms with Crippen LogP contribution < -0.4 is 16.4 Å². The van der Waals surface area contributed by atoms with Crippen molar-refractivity contribution in [1.29, 1.82) is 0 Å². The predicted molar refractivity (Wildman–Crippen MR) is 89.7 cm³/mol. The first kappa shape index (κ1) is 18.0. The summed E-state index contributed by atoms with van der Waals surface area (Å²) < 4.78 is 0. The Bertz CT molecular complexity index is 516. The second kappa shape index (κ2) is 7.29. The fraction of sp³-hybridized carbons (Fsp3) is 0.529. The summed E-state index contributed by atoms with van der Waals surface area (Å²) in [7, 11) is 0. The molecule has 4 N–H and O–H groups in total. The van der Waals surface area contributed by atoms with Crippen LogP contribution in [0.4, 0.5) is 10.5 Å². The fourth-order valence-corrected chi connectivity index (χ4v) is 2.16. The number of carbonyl (C=O) groups is 2. The third kappa shape index (κ3) is 5.76. The molecule has 5 nitrogen and oxygen atoms in total. The van der Waals surface area contributed by atoms with Crippen LogP contribution in [0.3, 0.4) is 0 Å². The van der Waals surface area contributed by atoms with Gasteiger partial charge in [-0.1, -0.05) is 46.8 Å². The summed E-state index contributed by atoms with van der Waals surface area (Å²) in [4.78, 5) is 23.3. The van der Waals surface area contributed by atoms with E-state index in [1.54, 1.807) is 0 Å². The van der Waals surface area contributed by atoms with Gasteiger partial charge < -0.3 is 16.4 Å². The van der Waals surface area contributed by atoms with Gasteiger partial charge in [-0.05, 0) is 35.4 Å². The summed E-state index contributed by atoms with van der Waals surface area (Å²) >= 11 is 0. The maximum absolute atomic E-state index is 12.3. The number of urea groups is 1. The summed E-state index contributed by atoms with van der Waals surface area (Å²) in [6.07, 6.45) is 0.537. The van der Waals surface area contributed by atoms with Crippen LogP contribution in [0.25, 0.3) is 0 Å². The molecule has 0 saturated heterocycles. The van der Waals surface area contributed by atoms with Crippen LogP contribution >= 0.6 is 0 Å². The van der Waals surface area contributed by atoms with E-state index in [1.807, 2.05) is 38.1 Å². The van der Waals surface area contributed by atoms with Gasteiger partial charge in [0, 0.05) is 5.69 Å². The molecule has 1 rings (SSSR count). The van der Waals surface area contributed by atoms with E-state index < -0.39 is 12.1 Å². The Balaban J connectivity index is 2.78. The van der Waals surface area contributed by atoms with Crippen molar-refractivity contribution in [1.82, 2.24) is 5.32 Å². The highest BCUT2D eigenvalue weighted by Gasteiger charge is 2.21. The van der Waals surface area contributed by atoms with Gasteiger partial charge in [0.05, 0.1) is 0 Å². The van der Waals surface area contributed by atoms with E-state index >= 15 is 0 Å². The van der Waals surface area contributed by atoms with E-state index in [1.165, 1.54) is 5.56 Å². The molecule has 0 radical (unpaired) electrons. The average molecular weight is 305 g/mol. The SMILES string of the molecule is CC(C)C[C@@H](NC(N)=O)C(=O)Nc1ccc(C(C)(C)C)cc1. The molecule has 122 valence electrons. The minimum atomic E-state index is -0.691. The highest BCUT2D eigenvalue weighted by Crippen LogP contribution is 2.23. The molecule has 0 aliphatic heterocycles. The molecular formula is C17H27N3O2. The zero-order chi connectivity index (χ0) is 16.9. The van der Waals surface area contributed by atoms with Crippen LogP contribution in [0.1, 0.15) is 46.6 Å². The van der Waals surface area contributed by atoms with Crippen LogP contribution in [-0.4, -0.2) is 18.0 Å². The number of nitrogens with one attached hydrogen (secondary N) is 2. The van der Waals surface area contributed by atoms with Crippen molar-refractivity contribution in [3.8, 4) is 0 Å². The summed E-state index contributed by atoms with van der Waals surface area (Å²) in [5, 5.41) is 5.32. The molecule has 0 aliphatic carbocycles. The van der Waals surface area contributed by atoms with Crippen molar-refractivity contribution in [2.45, 2.75) is 52.5 Å². The van der Waals surface area contributed by atoms with Crippen molar-refractivity contribution in [3.05, 3.63) is 29.8 Å². The quantitative estimate of drug-likeness (QED) is 0.781. The van der Waals surface area contributed by atoms with E-state index in [-0.39, 0.29) is 17.2 Å². The van der Waals surface area contributed by atoms with Crippen molar-refractivity contribution >= 4 is 17.6 Å². The number of primary amides is 1. The lowest BCUT2D eigenvalue weighted by molar-refractivity contribution is -0.118. The first-order chi connectivity index (χ1) is 10.1. The molecule has 0 aliphatic rings. The lowest BCUT2D eigenvalue weighted by Crippen LogP contribution is -2.46. The van der Waals surface area contributed by atoms with E-state index in [0.717, 1.165) is 0 Å². The highest BCUT2D eigenvalue weighted by atomic mass is 16.2. The monoisotopic (exact) mass is 305 g/mol. The molecule has 0 unspecified atom stereocenters. The Kier molecular flexibility index (Phi) is 5.97. The Hall–Kier alpha value is -2.04. The molecule has 1 aromatic rings. The number of hydrogen-bond acceptors (Lipinski definition) is 2. The molecule has 3 amide bonds. The van der Waals surface area contributed by atoms with Crippen LogP contribution in [0.2, 0.25) is 0 Å². The number of nitrogens with two attached hydrogens (primary N) is 1. The van der Waals surface area contributed by atoms with E-state index in [0.29, 0.717) is 12.1 Å². The van der Waals surface area contributed by atoms with Gasteiger partial charge in [0.1, 0.15) is 6.04 Å². The number of benzene rings is 1. The second-order valence-corrected chi connectivity index (χ2v) is 7.01. The van der Waals surface area contributed by atoms with Crippen LogP contribution in [-0.2, 0) is 10.2 Å². The Labute approximate surface area is 132 Å². The first-order valence-corrected chi connectivity index (χ1v) is 7.57. The molecule has 0 saturated carbocycles. The molecule has 0 aromatic heterocycles. The number of hydrogen-bond donors (Lipinski definition) is 3. The molecule has 1 atom stereocenters. The largest absolute Gasteiger partial charge is 0.352 e. The van der Waals surface area contributed by atoms with Crippen molar-refractivity contribution in [2.75, 3.05) is 5.32 Å². The third-order valence-corrected chi connectivity index (χ3v) is 3.36. The third-order valence-electron chi connectivity index (χ3n) is 3.36. The summed E-state index contributed by atoms with van der Waals surface area (Å²) in [6.45, 7) is 10.4. The van der Waals surface area contributed by atoms with Gasteiger partial charge in [-0.3, -0.25) is 4.79 Å². The summed E-state index contributed by atoms with van der Waals surface area (Å²) in [6, 6.07) is 6.41. The van der Waals surface area contributed by atoms with Gasteiger partial charge in [-0.2, -0.15) is 0 Å². The van der Waals surface area contributed by atoms with E-state index in [2.05, 4.69) is 31.4 Å². The van der Waals surface area contributed by atoms with Crippen LogP contribution in [0, 0.1) is 5.92 Å². The Morgan fingerprint density at radius 2 is 1.68 bits per heavy atom. The molecule has 0 bridgehead atoms. The van der Waals surface area contributed by atoms with Gasteiger partial charge in [-0.25, -0.2) is 4.79 Å². The summed E-state index contributed by atoms with van der Waals surface area (Å²) in [5.41, 5.74) is 7.10. The van der Waals surface area contributed by atoms with Crippen LogP contribution in [0.5, 0.6) is 0 Å². The minimum absolute atomic E-state index is 0.0657. The number of carbonyl (C=O) groups excluding carboxylic acids is 2. The molecule has 0 heterocycles. The Morgan fingerprint density at radius 1 is 1.14 bits per heavy atom. The molecule has 0 fully saturated rings. The standard InChI is InChI=1S/C17H27N3O2/c1-11(2)10-14(20-16(18)22)15(21)19-13-8-6-12(7-9-13)17(3,4)5/h6-9,11,14H,10H2,1-5H3,(H,19,21)(H3,18,20,22)/t14-/m1/s1. The molecule has 5 heteroatoms. The summed E-state index contributed by atoms with van der Waals surface area (Å²) in [5.74, 6) is 0.0156. The minimum Gasteiger partial charge on any atom is -0.352 e. The van der Waals surface area contributed by atoms with Gasteiger partial charge in [-0.15, -0.1) is 0 Å². The molecule has 1 aromatic carbocycles. The second-order valence-electron chi connectivity index (χ2n) is 7.01. The van der Waals surface area contributed by atoms with Gasteiger partial charge in [0.25, 0.3) is 0 Å². The highest BCUT2D eigenvalue weighted by molar-refractivity contribution is 5.96. The van der Waals surface area contributed by atoms with Crippen molar-refractivity contribution in [3.63, 3.8) is 0 Å². The number of anilines is 1. The van der Waals surface area contributed by atoms with Gasteiger partial charge >= 0.3 is 6.03 Å². The van der Waals surface area contributed by atoms with Crippen LogP contribution in [0.15, 0.2) is 24.3 Å². The lowest BCUT2D eigenvalue weighted by atomic mass is 9.87. The number of amides is 3. The van der Waals surface area contributed by atoms with Gasteiger partial charge in [0.15, 0.2) is 0 Å². The maximum atomic E-state index is 12.3.